The number of carbonyl (C=O) groups excluding carboxylic acids is 1. The number of amides is 1. The standard InChI is InChI=1S/C7H10N4O3S2/c1-4-8-16(13,14)7-10-11(3)6(15-7)9-5(2)12/h4H,1-3H3. The summed E-state index contributed by atoms with van der Waals surface area (Å²) in [5.74, 6) is -0.415. The van der Waals surface area contributed by atoms with Crippen LogP contribution in [0.1, 0.15) is 13.8 Å². The molecule has 0 spiro atoms. The van der Waals surface area contributed by atoms with Crippen LogP contribution in [0, 0.1) is 0 Å². The monoisotopic (exact) mass is 262 g/mol. The number of nitrogens with zero attached hydrogens (tertiary/aromatic N) is 4. The van der Waals surface area contributed by atoms with Crippen LogP contribution in [0.4, 0.5) is 0 Å². The maximum atomic E-state index is 11.5. The van der Waals surface area contributed by atoms with Gasteiger partial charge in [-0.25, -0.2) is 4.68 Å². The second kappa shape index (κ2) is 4.66. The fourth-order valence-corrected chi connectivity index (χ4v) is 2.88. The first kappa shape index (κ1) is 12.7. The molecule has 16 heavy (non-hydrogen) atoms. The number of hydrogen-bond acceptors (Lipinski definition) is 5. The Morgan fingerprint density at radius 1 is 1.56 bits per heavy atom. The Morgan fingerprint density at radius 2 is 2.19 bits per heavy atom. The predicted octanol–water partition coefficient (Wildman–Crippen LogP) is -0.292. The third-order valence-corrected chi connectivity index (χ3v) is 4.09. The van der Waals surface area contributed by atoms with Gasteiger partial charge in [0.05, 0.1) is 0 Å². The average Bonchev–Trinajstić information content (AvgIpc) is 2.47. The van der Waals surface area contributed by atoms with Gasteiger partial charge in [-0.05, 0) is 6.92 Å². The minimum atomic E-state index is -3.76. The van der Waals surface area contributed by atoms with Crippen LogP contribution in [0.5, 0.6) is 0 Å². The second-order valence-electron chi connectivity index (χ2n) is 2.74. The molecule has 9 heteroatoms. The van der Waals surface area contributed by atoms with Gasteiger partial charge in [0.15, 0.2) is 0 Å². The van der Waals surface area contributed by atoms with Crippen LogP contribution in [0.2, 0.25) is 0 Å². The van der Waals surface area contributed by atoms with E-state index in [1.807, 2.05) is 0 Å². The molecule has 0 N–H and O–H groups in total. The van der Waals surface area contributed by atoms with E-state index in [1.54, 1.807) is 0 Å². The third-order valence-electron chi connectivity index (χ3n) is 1.41. The summed E-state index contributed by atoms with van der Waals surface area (Å²) in [5.41, 5.74) is 0. The van der Waals surface area contributed by atoms with Crippen LogP contribution in [-0.2, 0) is 21.9 Å². The molecule has 0 aliphatic heterocycles. The molecular weight excluding hydrogens is 252 g/mol. The SMILES string of the molecule is CC=NS(=O)(=O)c1nn(C)c(=NC(C)=O)s1. The van der Waals surface area contributed by atoms with Crippen molar-refractivity contribution in [2.45, 2.75) is 18.2 Å². The Hall–Kier alpha value is -1.35. The molecular formula is C7H10N4O3S2. The molecule has 0 fully saturated rings. The Bertz CT molecular complexity index is 593. The lowest BCUT2D eigenvalue weighted by Gasteiger charge is -1.88. The molecule has 0 unspecified atom stereocenters. The van der Waals surface area contributed by atoms with Crippen molar-refractivity contribution < 1.29 is 13.2 Å². The summed E-state index contributed by atoms with van der Waals surface area (Å²) in [6.45, 7) is 2.77. The average molecular weight is 262 g/mol. The van der Waals surface area contributed by atoms with Gasteiger partial charge in [0.25, 0.3) is 4.34 Å². The molecule has 0 atom stereocenters. The van der Waals surface area contributed by atoms with E-state index in [0.29, 0.717) is 0 Å². The van der Waals surface area contributed by atoms with Crippen molar-refractivity contribution in [1.29, 1.82) is 0 Å². The Kier molecular flexibility index (Phi) is 3.70. The summed E-state index contributed by atoms with van der Waals surface area (Å²) in [7, 11) is -2.26. The Labute approximate surface area is 96.2 Å². The molecule has 1 aromatic heterocycles. The summed E-state index contributed by atoms with van der Waals surface area (Å²) < 4.78 is 27.3. The van der Waals surface area contributed by atoms with Gasteiger partial charge in [-0.2, -0.15) is 17.8 Å². The van der Waals surface area contributed by atoms with Crippen molar-refractivity contribution in [3.05, 3.63) is 4.80 Å². The Balaban J connectivity index is 3.37. The van der Waals surface area contributed by atoms with Gasteiger partial charge in [0.1, 0.15) is 0 Å². The van der Waals surface area contributed by atoms with Crippen molar-refractivity contribution in [2.75, 3.05) is 0 Å². The van der Waals surface area contributed by atoms with Gasteiger partial charge in [-0.3, -0.25) is 4.79 Å². The molecule has 0 saturated heterocycles. The minimum absolute atomic E-state index is 0.187. The van der Waals surface area contributed by atoms with Gasteiger partial charge >= 0.3 is 10.0 Å². The minimum Gasteiger partial charge on any atom is -0.273 e. The lowest BCUT2D eigenvalue weighted by molar-refractivity contribution is -0.116. The maximum absolute atomic E-state index is 11.5. The molecule has 88 valence electrons. The van der Waals surface area contributed by atoms with E-state index < -0.39 is 15.9 Å². The topological polar surface area (TPSA) is 93.8 Å². The van der Waals surface area contributed by atoms with E-state index >= 15 is 0 Å². The fourth-order valence-electron chi connectivity index (χ4n) is 0.848. The fraction of sp³-hybridized carbons (Fsp3) is 0.429. The van der Waals surface area contributed by atoms with Crippen LogP contribution in [-0.4, -0.2) is 30.3 Å². The number of carbonyl (C=O) groups is 1. The number of aromatic nitrogens is 2. The molecule has 0 bridgehead atoms. The van der Waals surface area contributed by atoms with Crippen LogP contribution in [0.15, 0.2) is 13.7 Å². The second-order valence-corrected chi connectivity index (χ2v) is 5.51. The summed E-state index contributed by atoms with van der Waals surface area (Å²) in [6, 6.07) is 0. The summed E-state index contributed by atoms with van der Waals surface area (Å²) in [5, 5.41) is 3.74. The quantitative estimate of drug-likeness (QED) is 0.684. The number of rotatable bonds is 2. The van der Waals surface area contributed by atoms with Crippen molar-refractivity contribution in [3.8, 4) is 0 Å². The van der Waals surface area contributed by atoms with Crippen LogP contribution in [0.3, 0.4) is 0 Å². The van der Waals surface area contributed by atoms with Crippen molar-refractivity contribution in [2.24, 2.45) is 16.4 Å². The summed E-state index contributed by atoms with van der Waals surface area (Å²) in [4.78, 5) is 14.6. The molecule has 0 aliphatic carbocycles. The zero-order valence-electron chi connectivity index (χ0n) is 8.91. The highest BCUT2D eigenvalue weighted by atomic mass is 32.2. The predicted molar refractivity (Wildman–Crippen MR) is 58.7 cm³/mol. The summed E-state index contributed by atoms with van der Waals surface area (Å²) >= 11 is 0.797. The lowest BCUT2D eigenvalue weighted by Crippen LogP contribution is -2.13. The first-order chi connectivity index (χ1) is 7.36. The van der Waals surface area contributed by atoms with Crippen LogP contribution >= 0.6 is 11.3 Å². The van der Waals surface area contributed by atoms with Gasteiger partial charge < -0.3 is 0 Å². The van der Waals surface area contributed by atoms with E-state index in [9.17, 15) is 13.2 Å². The zero-order valence-corrected chi connectivity index (χ0v) is 10.5. The van der Waals surface area contributed by atoms with Crippen LogP contribution < -0.4 is 4.80 Å². The maximum Gasteiger partial charge on any atom is 0.311 e. The van der Waals surface area contributed by atoms with Crippen molar-refractivity contribution in [3.63, 3.8) is 0 Å². The van der Waals surface area contributed by atoms with E-state index in [2.05, 4.69) is 14.5 Å². The molecule has 0 aromatic carbocycles. The third kappa shape index (κ3) is 2.83. The Morgan fingerprint density at radius 3 is 2.69 bits per heavy atom. The molecule has 1 rings (SSSR count). The number of sulfonamides is 1. The highest BCUT2D eigenvalue weighted by Gasteiger charge is 2.17. The van der Waals surface area contributed by atoms with Crippen LogP contribution in [0.25, 0.3) is 0 Å². The number of hydrogen-bond donors (Lipinski definition) is 0. The van der Waals surface area contributed by atoms with Gasteiger partial charge in [-0.1, -0.05) is 11.3 Å². The molecule has 0 radical (unpaired) electrons. The van der Waals surface area contributed by atoms with Gasteiger partial charge in [0.2, 0.25) is 10.7 Å². The molecule has 0 aliphatic rings. The molecule has 1 aromatic rings. The van der Waals surface area contributed by atoms with Gasteiger partial charge in [0, 0.05) is 20.2 Å². The van der Waals surface area contributed by atoms with E-state index in [-0.39, 0.29) is 9.14 Å². The zero-order chi connectivity index (χ0) is 12.3. The normalized spacial score (nSPS) is 13.6. The van der Waals surface area contributed by atoms with E-state index in [0.717, 1.165) is 11.3 Å². The lowest BCUT2D eigenvalue weighted by atomic mass is 10.8. The molecule has 0 saturated carbocycles. The molecule has 7 nitrogen and oxygen atoms in total. The van der Waals surface area contributed by atoms with Gasteiger partial charge in [-0.15, -0.1) is 5.10 Å². The van der Waals surface area contributed by atoms with E-state index in [4.69, 9.17) is 0 Å². The molecule has 1 amide bonds. The highest BCUT2D eigenvalue weighted by molar-refractivity contribution is 7.92. The molecule has 1 heterocycles. The van der Waals surface area contributed by atoms with Crippen molar-refractivity contribution >= 4 is 33.5 Å². The highest BCUT2D eigenvalue weighted by Crippen LogP contribution is 2.10. The smallest absolute Gasteiger partial charge is 0.273 e. The summed E-state index contributed by atoms with van der Waals surface area (Å²) in [6.07, 6.45) is 1.17. The first-order valence-corrected chi connectivity index (χ1v) is 6.47. The first-order valence-electron chi connectivity index (χ1n) is 4.21. The number of aryl methyl sites for hydroxylation is 1. The van der Waals surface area contributed by atoms with Crippen molar-refractivity contribution in [1.82, 2.24) is 9.78 Å². The largest absolute Gasteiger partial charge is 0.311 e. The van der Waals surface area contributed by atoms with E-state index in [1.165, 1.54) is 31.8 Å².